The molecule has 8 heteroatoms. The summed E-state index contributed by atoms with van der Waals surface area (Å²) in [5.74, 6) is -4.55. The monoisotopic (exact) mass is 281 g/mol. The van der Waals surface area contributed by atoms with Crippen molar-refractivity contribution in [2.75, 3.05) is 16.8 Å². The van der Waals surface area contributed by atoms with Crippen molar-refractivity contribution in [1.82, 2.24) is 0 Å². The zero-order valence-electron chi connectivity index (χ0n) is 9.03. The minimum atomic E-state index is -3.42. The van der Waals surface area contributed by atoms with Gasteiger partial charge in [-0.2, -0.15) is 0 Å². The Balaban J connectivity index is 2.25. The summed E-state index contributed by atoms with van der Waals surface area (Å²) in [6.07, 6.45) is -1.24. The van der Waals surface area contributed by atoms with Crippen LogP contribution in [0.5, 0.6) is 0 Å². The molecule has 1 saturated heterocycles. The van der Waals surface area contributed by atoms with Crippen LogP contribution in [0.2, 0.25) is 0 Å². The van der Waals surface area contributed by atoms with Crippen molar-refractivity contribution in [3.8, 4) is 0 Å². The summed E-state index contributed by atoms with van der Waals surface area (Å²) >= 11 is 0. The maximum atomic E-state index is 13.3. The fraction of sp³-hybridized carbons (Fsp3) is 0.400. The molecule has 2 N–H and O–H groups in total. The SMILES string of the molecule is O=S1(=O)CC(O)C(Nc2cc(F)cc(F)c2F)C1. The first-order valence-electron chi connectivity index (χ1n) is 5.08. The highest BCUT2D eigenvalue weighted by atomic mass is 32.2. The molecule has 1 aromatic rings. The maximum absolute atomic E-state index is 13.3. The Bertz CT molecular complexity index is 576. The largest absolute Gasteiger partial charge is 0.390 e. The molecule has 0 aliphatic carbocycles. The first kappa shape index (κ1) is 13.2. The van der Waals surface area contributed by atoms with Crippen molar-refractivity contribution < 1.29 is 26.7 Å². The topological polar surface area (TPSA) is 66.4 Å². The molecule has 1 aliphatic heterocycles. The van der Waals surface area contributed by atoms with E-state index in [4.69, 9.17) is 0 Å². The summed E-state index contributed by atoms with van der Waals surface area (Å²) in [6, 6.07) is 0.101. The van der Waals surface area contributed by atoms with E-state index >= 15 is 0 Å². The number of anilines is 1. The molecular weight excluding hydrogens is 271 g/mol. The number of nitrogens with one attached hydrogen (secondary N) is 1. The molecule has 0 aromatic heterocycles. The zero-order chi connectivity index (χ0) is 13.5. The number of hydrogen-bond acceptors (Lipinski definition) is 4. The lowest BCUT2D eigenvalue weighted by molar-refractivity contribution is 0.190. The molecule has 1 aliphatic rings. The molecule has 4 nitrogen and oxygen atoms in total. The van der Waals surface area contributed by atoms with Crippen molar-refractivity contribution in [1.29, 1.82) is 0 Å². The maximum Gasteiger partial charge on any atom is 0.182 e. The normalized spacial score (nSPS) is 26.2. The van der Waals surface area contributed by atoms with Crippen LogP contribution in [0.4, 0.5) is 18.9 Å². The van der Waals surface area contributed by atoms with Crippen molar-refractivity contribution >= 4 is 15.5 Å². The third kappa shape index (κ3) is 2.59. The third-order valence-electron chi connectivity index (χ3n) is 2.66. The van der Waals surface area contributed by atoms with Gasteiger partial charge in [0, 0.05) is 12.1 Å². The second-order valence-electron chi connectivity index (χ2n) is 4.14. The quantitative estimate of drug-likeness (QED) is 0.782. The smallest absolute Gasteiger partial charge is 0.182 e. The molecule has 1 fully saturated rings. The van der Waals surface area contributed by atoms with Crippen LogP contribution in [0.25, 0.3) is 0 Å². The molecule has 1 aromatic carbocycles. The molecule has 1 heterocycles. The third-order valence-corrected chi connectivity index (χ3v) is 4.37. The lowest BCUT2D eigenvalue weighted by atomic mass is 10.2. The average Bonchev–Trinajstić information content (AvgIpc) is 2.47. The van der Waals surface area contributed by atoms with Gasteiger partial charge in [0.05, 0.1) is 29.3 Å². The second kappa shape index (κ2) is 4.43. The van der Waals surface area contributed by atoms with Gasteiger partial charge in [0.25, 0.3) is 0 Å². The minimum Gasteiger partial charge on any atom is -0.390 e. The molecule has 0 bridgehead atoms. The van der Waals surface area contributed by atoms with Crippen molar-refractivity contribution in [2.45, 2.75) is 12.1 Å². The molecular formula is C10H10F3NO3S. The molecule has 0 amide bonds. The van der Waals surface area contributed by atoms with E-state index in [9.17, 15) is 26.7 Å². The number of aliphatic hydroxyl groups is 1. The van der Waals surface area contributed by atoms with Crippen LogP contribution in [0.3, 0.4) is 0 Å². The van der Waals surface area contributed by atoms with Gasteiger partial charge in [0.2, 0.25) is 0 Å². The van der Waals surface area contributed by atoms with E-state index in [1.54, 1.807) is 0 Å². The Labute approximate surface area is 101 Å². The number of aliphatic hydroxyl groups excluding tert-OH is 1. The Morgan fingerprint density at radius 3 is 2.44 bits per heavy atom. The fourth-order valence-electron chi connectivity index (χ4n) is 1.83. The minimum absolute atomic E-state index is 0.377. The van der Waals surface area contributed by atoms with Crippen molar-refractivity contribution in [3.63, 3.8) is 0 Å². The average molecular weight is 281 g/mol. The molecule has 0 spiro atoms. The van der Waals surface area contributed by atoms with Crippen LogP contribution in [0, 0.1) is 17.5 Å². The van der Waals surface area contributed by atoms with Gasteiger partial charge >= 0.3 is 0 Å². The van der Waals surface area contributed by atoms with Crippen LogP contribution in [-0.4, -0.2) is 37.2 Å². The zero-order valence-corrected chi connectivity index (χ0v) is 9.85. The Kier molecular flexibility index (Phi) is 3.24. The van der Waals surface area contributed by atoms with Gasteiger partial charge in [-0.25, -0.2) is 21.6 Å². The molecule has 18 heavy (non-hydrogen) atoms. The highest BCUT2D eigenvalue weighted by Crippen LogP contribution is 2.23. The molecule has 2 rings (SSSR count). The van der Waals surface area contributed by atoms with Gasteiger partial charge in [-0.15, -0.1) is 0 Å². The van der Waals surface area contributed by atoms with Gasteiger partial charge < -0.3 is 10.4 Å². The van der Waals surface area contributed by atoms with Crippen molar-refractivity contribution in [2.24, 2.45) is 0 Å². The van der Waals surface area contributed by atoms with E-state index < -0.39 is 56.6 Å². The van der Waals surface area contributed by atoms with Gasteiger partial charge in [-0.05, 0) is 0 Å². The van der Waals surface area contributed by atoms with Gasteiger partial charge in [-0.1, -0.05) is 0 Å². The molecule has 2 unspecified atom stereocenters. The number of halogens is 3. The van der Waals surface area contributed by atoms with Gasteiger partial charge in [0.1, 0.15) is 5.82 Å². The van der Waals surface area contributed by atoms with Crippen molar-refractivity contribution in [3.05, 3.63) is 29.6 Å². The number of benzene rings is 1. The highest BCUT2D eigenvalue weighted by molar-refractivity contribution is 7.91. The van der Waals surface area contributed by atoms with Gasteiger partial charge in [-0.3, -0.25) is 0 Å². The van der Waals surface area contributed by atoms with Gasteiger partial charge in [0.15, 0.2) is 21.5 Å². The predicted octanol–water partition coefficient (Wildman–Crippen LogP) is 0.674. The van der Waals surface area contributed by atoms with Crippen LogP contribution < -0.4 is 5.32 Å². The van der Waals surface area contributed by atoms with E-state index in [0.29, 0.717) is 12.1 Å². The standard InChI is InChI=1S/C10H10F3NO3S/c11-5-1-6(12)10(13)7(2-5)14-8-3-18(16,17)4-9(8)15/h1-2,8-9,14-15H,3-4H2. The Hall–Kier alpha value is -1.28. The summed E-state index contributed by atoms with van der Waals surface area (Å²) in [6.45, 7) is 0. The summed E-state index contributed by atoms with van der Waals surface area (Å²) in [4.78, 5) is 0. The first-order chi connectivity index (χ1) is 8.28. The molecule has 2 atom stereocenters. The summed E-state index contributed by atoms with van der Waals surface area (Å²) in [5, 5.41) is 11.8. The molecule has 0 radical (unpaired) electrons. The van der Waals surface area contributed by atoms with Crippen LogP contribution in [0.15, 0.2) is 12.1 Å². The second-order valence-corrected chi connectivity index (χ2v) is 6.30. The predicted molar refractivity (Wildman–Crippen MR) is 58.4 cm³/mol. The van der Waals surface area contributed by atoms with E-state index in [2.05, 4.69) is 5.32 Å². The highest BCUT2D eigenvalue weighted by Gasteiger charge is 2.36. The number of rotatable bonds is 2. The molecule has 100 valence electrons. The molecule has 0 saturated carbocycles. The lowest BCUT2D eigenvalue weighted by Crippen LogP contribution is -2.32. The van der Waals surface area contributed by atoms with Crippen LogP contribution in [0.1, 0.15) is 0 Å². The summed E-state index contributed by atoms with van der Waals surface area (Å²) in [5.41, 5.74) is -0.506. The summed E-state index contributed by atoms with van der Waals surface area (Å²) < 4.78 is 61.6. The van der Waals surface area contributed by atoms with E-state index in [0.717, 1.165) is 0 Å². The van der Waals surface area contributed by atoms with E-state index in [1.165, 1.54) is 0 Å². The fourth-order valence-corrected chi connectivity index (χ4v) is 3.57. The van der Waals surface area contributed by atoms with Crippen LogP contribution >= 0.6 is 0 Å². The number of sulfone groups is 1. The Morgan fingerprint density at radius 2 is 1.89 bits per heavy atom. The lowest BCUT2D eigenvalue weighted by Gasteiger charge is -2.17. The first-order valence-corrected chi connectivity index (χ1v) is 6.90. The number of hydrogen-bond donors (Lipinski definition) is 2. The van der Waals surface area contributed by atoms with Crippen LogP contribution in [-0.2, 0) is 9.84 Å². The Morgan fingerprint density at radius 1 is 1.22 bits per heavy atom. The van der Waals surface area contributed by atoms with E-state index in [-0.39, 0.29) is 0 Å². The van der Waals surface area contributed by atoms with E-state index in [1.807, 2.05) is 0 Å². The summed E-state index contributed by atoms with van der Waals surface area (Å²) in [7, 11) is -3.42.